The van der Waals surface area contributed by atoms with Crippen molar-refractivity contribution in [2.75, 3.05) is 10.8 Å². The number of hydrogen-bond acceptors (Lipinski definition) is 4. The molecule has 0 spiro atoms. The Morgan fingerprint density at radius 1 is 0.925 bits per heavy atom. The highest BCUT2D eigenvalue weighted by Crippen LogP contribution is 2.33. The molecule has 214 valence electrons. The Morgan fingerprint density at radius 3 is 2.23 bits per heavy atom. The SMILES string of the molecule is CC[C@H](C)NC(=O)[C@H](CC)N(Cc1cccc(C)c1)C(=O)CN(c1ccc(Cl)cc1Cl)S(=O)(=O)c1ccccc1. The van der Waals surface area contributed by atoms with Gasteiger partial charge in [0.25, 0.3) is 10.0 Å². The molecule has 3 aromatic carbocycles. The minimum absolute atomic E-state index is 0.000561. The maximum absolute atomic E-state index is 14.1. The zero-order chi connectivity index (χ0) is 29.4. The van der Waals surface area contributed by atoms with Crippen LogP contribution >= 0.6 is 23.2 Å². The summed E-state index contributed by atoms with van der Waals surface area (Å²) in [5.41, 5.74) is 1.93. The van der Waals surface area contributed by atoms with E-state index in [1.54, 1.807) is 18.2 Å². The molecule has 0 aliphatic heterocycles. The lowest BCUT2D eigenvalue weighted by molar-refractivity contribution is -0.140. The first-order valence-corrected chi connectivity index (χ1v) is 15.4. The molecular weight excluding hydrogens is 569 g/mol. The highest BCUT2D eigenvalue weighted by atomic mass is 35.5. The number of carbonyl (C=O) groups is 2. The second kappa shape index (κ2) is 14.0. The number of amides is 2. The fraction of sp³-hybridized carbons (Fsp3) is 0.333. The third-order valence-electron chi connectivity index (χ3n) is 6.61. The van der Waals surface area contributed by atoms with Crippen LogP contribution < -0.4 is 9.62 Å². The normalized spacial score (nSPS) is 12.8. The van der Waals surface area contributed by atoms with Crippen molar-refractivity contribution < 1.29 is 18.0 Å². The van der Waals surface area contributed by atoms with Crippen LogP contribution in [0.5, 0.6) is 0 Å². The fourth-order valence-corrected chi connectivity index (χ4v) is 6.30. The molecule has 7 nitrogen and oxygen atoms in total. The van der Waals surface area contributed by atoms with Crippen LogP contribution in [0.2, 0.25) is 10.0 Å². The fourth-order valence-electron chi connectivity index (χ4n) is 4.28. The van der Waals surface area contributed by atoms with Crippen LogP contribution in [0, 0.1) is 6.92 Å². The molecule has 3 rings (SSSR count). The van der Waals surface area contributed by atoms with Crippen molar-refractivity contribution in [1.29, 1.82) is 0 Å². The van der Waals surface area contributed by atoms with Gasteiger partial charge < -0.3 is 10.2 Å². The van der Waals surface area contributed by atoms with Crippen LogP contribution in [0.25, 0.3) is 0 Å². The number of nitrogens with one attached hydrogen (secondary N) is 1. The van der Waals surface area contributed by atoms with Crippen molar-refractivity contribution in [1.82, 2.24) is 10.2 Å². The quantitative estimate of drug-likeness (QED) is 0.266. The van der Waals surface area contributed by atoms with Gasteiger partial charge in [0, 0.05) is 17.6 Å². The van der Waals surface area contributed by atoms with E-state index in [2.05, 4.69) is 5.32 Å². The first-order chi connectivity index (χ1) is 19.0. The van der Waals surface area contributed by atoms with E-state index in [-0.39, 0.29) is 34.1 Å². The van der Waals surface area contributed by atoms with Crippen LogP contribution in [0.1, 0.15) is 44.7 Å². The van der Waals surface area contributed by atoms with Crippen LogP contribution in [-0.2, 0) is 26.2 Å². The van der Waals surface area contributed by atoms with E-state index in [0.29, 0.717) is 11.4 Å². The smallest absolute Gasteiger partial charge is 0.264 e. The molecule has 1 N–H and O–H groups in total. The maximum Gasteiger partial charge on any atom is 0.264 e. The number of anilines is 1. The minimum Gasteiger partial charge on any atom is -0.352 e. The number of sulfonamides is 1. The molecule has 0 radical (unpaired) electrons. The summed E-state index contributed by atoms with van der Waals surface area (Å²) in [6.45, 7) is 7.18. The van der Waals surface area contributed by atoms with Gasteiger partial charge in [-0.2, -0.15) is 0 Å². The molecule has 2 atom stereocenters. The van der Waals surface area contributed by atoms with Gasteiger partial charge in [0.05, 0.1) is 15.6 Å². The third kappa shape index (κ3) is 7.77. The molecule has 0 aliphatic rings. The molecular formula is C30H35Cl2N3O4S. The molecule has 2 amide bonds. The van der Waals surface area contributed by atoms with E-state index >= 15 is 0 Å². The Hall–Kier alpha value is -3.07. The number of rotatable bonds is 12. The highest BCUT2D eigenvalue weighted by molar-refractivity contribution is 7.92. The molecule has 0 saturated heterocycles. The van der Waals surface area contributed by atoms with Crippen molar-refractivity contribution in [2.45, 2.75) is 64.1 Å². The number of hydrogen-bond donors (Lipinski definition) is 1. The predicted octanol–water partition coefficient (Wildman–Crippen LogP) is 6.22. The minimum atomic E-state index is -4.22. The van der Waals surface area contributed by atoms with E-state index in [1.165, 1.54) is 35.2 Å². The van der Waals surface area contributed by atoms with Crippen LogP contribution in [0.4, 0.5) is 5.69 Å². The van der Waals surface area contributed by atoms with Crippen molar-refractivity contribution in [3.05, 3.63) is 94.0 Å². The number of carbonyl (C=O) groups excluding carboxylic acids is 2. The Labute approximate surface area is 247 Å². The summed E-state index contributed by atoms with van der Waals surface area (Å²) < 4.78 is 28.7. The van der Waals surface area contributed by atoms with E-state index in [1.807, 2.05) is 52.0 Å². The third-order valence-corrected chi connectivity index (χ3v) is 8.92. The summed E-state index contributed by atoms with van der Waals surface area (Å²) in [6, 6.07) is 19.0. The van der Waals surface area contributed by atoms with Crippen molar-refractivity contribution in [2.24, 2.45) is 0 Å². The van der Waals surface area contributed by atoms with E-state index in [0.717, 1.165) is 21.9 Å². The van der Waals surface area contributed by atoms with E-state index in [9.17, 15) is 18.0 Å². The second-order valence-electron chi connectivity index (χ2n) is 9.67. The van der Waals surface area contributed by atoms with Gasteiger partial charge in [-0.1, -0.05) is 85.1 Å². The van der Waals surface area contributed by atoms with Gasteiger partial charge in [0.2, 0.25) is 11.8 Å². The molecule has 40 heavy (non-hydrogen) atoms. The molecule has 0 saturated carbocycles. The number of aryl methyl sites for hydroxylation is 1. The number of halogens is 2. The van der Waals surface area contributed by atoms with E-state index in [4.69, 9.17) is 23.2 Å². The lowest BCUT2D eigenvalue weighted by atomic mass is 10.1. The maximum atomic E-state index is 14.1. The Kier molecular flexibility index (Phi) is 11.0. The van der Waals surface area contributed by atoms with Crippen LogP contribution in [0.3, 0.4) is 0 Å². The Balaban J connectivity index is 2.08. The predicted molar refractivity (Wildman–Crippen MR) is 161 cm³/mol. The first kappa shape index (κ1) is 31.5. The lowest BCUT2D eigenvalue weighted by Gasteiger charge is -2.34. The van der Waals surface area contributed by atoms with Crippen LogP contribution in [0.15, 0.2) is 77.7 Å². The van der Waals surface area contributed by atoms with Crippen LogP contribution in [-0.4, -0.2) is 43.8 Å². The Bertz CT molecular complexity index is 1430. The molecule has 0 heterocycles. The highest BCUT2D eigenvalue weighted by Gasteiger charge is 2.34. The molecule has 0 fully saturated rings. The molecule has 3 aromatic rings. The number of benzene rings is 3. The molecule has 0 unspecified atom stereocenters. The van der Waals surface area contributed by atoms with Gasteiger partial charge in [-0.05, 0) is 62.6 Å². The largest absolute Gasteiger partial charge is 0.352 e. The monoisotopic (exact) mass is 603 g/mol. The van der Waals surface area contributed by atoms with Gasteiger partial charge in [0.1, 0.15) is 12.6 Å². The zero-order valence-electron chi connectivity index (χ0n) is 23.1. The zero-order valence-corrected chi connectivity index (χ0v) is 25.4. The van der Waals surface area contributed by atoms with Gasteiger partial charge >= 0.3 is 0 Å². The molecule has 0 aromatic heterocycles. The van der Waals surface area contributed by atoms with Crippen molar-refractivity contribution >= 4 is 50.7 Å². The van der Waals surface area contributed by atoms with Gasteiger partial charge in [-0.15, -0.1) is 0 Å². The summed E-state index contributed by atoms with van der Waals surface area (Å²) in [7, 11) is -4.22. The van der Waals surface area contributed by atoms with Gasteiger partial charge in [0.15, 0.2) is 0 Å². The molecule has 0 bridgehead atoms. The standard InChI is InChI=1S/C30H35Cl2N3O4S/c1-5-22(4)33-30(37)27(6-2)34(19-23-12-10-11-21(3)17-23)29(36)20-35(28-16-15-24(31)18-26(28)32)40(38,39)25-13-8-7-9-14-25/h7-18,22,27H,5-6,19-20H2,1-4H3,(H,33,37)/t22-,27-/m0/s1. The Morgan fingerprint density at radius 2 is 1.62 bits per heavy atom. The van der Waals surface area contributed by atoms with Crippen molar-refractivity contribution in [3.63, 3.8) is 0 Å². The van der Waals surface area contributed by atoms with E-state index < -0.39 is 28.5 Å². The first-order valence-electron chi connectivity index (χ1n) is 13.2. The summed E-state index contributed by atoms with van der Waals surface area (Å²) in [5.74, 6) is -0.835. The average Bonchev–Trinajstić information content (AvgIpc) is 2.92. The van der Waals surface area contributed by atoms with Crippen molar-refractivity contribution in [3.8, 4) is 0 Å². The summed E-state index contributed by atoms with van der Waals surface area (Å²) in [4.78, 5) is 28.9. The topological polar surface area (TPSA) is 86.8 Å². The number of nitrogens with zero attached hydrogens (tertiary/aromatic N) is 2. The van der Waals surface area contributed by atoms with Gasteiger partial charge in [-0.3, -0.25) is 13.9 Å². The second-order valence-corrected chi connectivity index (χ2v) is 12.4. The summed E-state index contributed by atoms with van der Waals surface area (Å²) in [5, 5.41) is 3.37. The summed E-state index contributed by atoms with van der Waals surface area (Å²) in [6.07, 6.45) is 1.07. The molecule has 0 aliphatic carbocycles. The molecule has 10 heteroatoms. The lowest BCUT2D eigenvalue weighted by Crippen LogP contribution is -2.53. The average molecular weight is 605 g/mol. The summed E-state index contributed by atoms with van der Waals surface area (Å²) >= 11 is 12.6. The van der Waals surface area contributed by atoms with Gasteiger partial charge in [-0.25, -0.2) is 8.42 Å².